The summed E-state index contributed by atoms with van der Waals surface area (Å²) < 4.78 is 11.4. The van der Waals surface area contributed by atoms with E-state index in [1.807, 2.05) is 24.3 Å². The van der Waals surface area contributed by atoms with Crippen molar-refractivity contribution in [2.75, 3.05) is 13.2 Å². The molecule has 4 nitrogen and oxygen atoms in total. The highest BCUT2D eigenvalue weighted by Gasteiger charge is 2.19. The minimum absolute atomic E-state index is 0.0940. The monoisotopic (exact) mass is 267 g/mol. The van der Waals surface area contributed by atoms with E-state index in [1.165, 1.54) is 0 Å². The molecular formula is C15H25NO3. The number of rotatable bonds is 9. The van der Waals surface area contributed by atoms with Gasteiger partial charge in [0, 0.05) is 6.04 Å². The van der Waals surface area contributed by atoms with Gasteiger partial charge in [-0.25, -0.2) is 0 Å². The molecule has 1 rings (SSSR count). The summed E-state index contributed by atoms with van der Waals surface area (Å²) in [5, 5.41) is 9.41. The van der Waals surface area contributed by atoms with Gasteiger partial charge in [0.05, 0.1) is 13.2 Å². The van der Waals surface area contributed by atoms with E-state index in [4.69, 9.17) is 15.2 Å². The van der Waals surface area contributed by atoms with Gasteiger partial charge in [-0.3, -0.25) is 0 Å². The summed E-state index contributed by atoms with van der Waals surface area (Å²) in [6.45, 7) is 4.66. The first-order chi connectivity index (χ1) is 9.22. The molecule has 1 aromatic rings. The van der Waals surface area contributed by atoms with Gasteiger partial charge in [-0.1, -0.05) is 32.4 Å². The third-order valence-corrected chi connectivity index (χ3v) is 2.87. The average molecular weight is 267 g/mol. The molecule has 0 radical (unpaired) electrons. The van der Waals surface area contributed by atoms with Crippen molar-refractivity contribution in [3.8, 4) is 11.5 Å². The van der Waals surface area contributed by atoms with Crippen LogP contribution < -0.4 is 15.2 Å². The standard InChI is InChI=1S/C15H25NO3/c1-3-7-12(16)15(11-17)19-14-9-6-5-8-13(14)18-10-4-2/h5-6,8-9,12,15,17H,3-4,7,10-11,16H2,1-2H3. The maximum Gasteiger partial charge on any atom is 0.161 e. The van der Waals surface area contributed by atoms with Crippen molar-refractivity contribution in [3.05, 3.63) is 24.3 Å². The smallest absolute Gasteiger partial charge is 0.161 e. The number of hydrogen-bond donors (Lipinski definition) is 2. The minimum Gasteiger partial charge on any atom is -0.490 e. The first-order valence-electron chi connectivity index (χ1n) is 6.97. The van der Waals surface area contributed by atoms with Crippen molar-refractivity contribution in [3.63, 3.8) is 0 Å². The Hall–Kier alpha value is -1.26. The van der Waals surface area contributed by atoms with Crippen LogP contribution in [0.15, 0.2) is 24.3 Å². The first kappa shape index (κ1) is 15.8. The topological polar surface area (TPSA) is 64.7 Å². The lowest BCUT2D eigenvalue weighted by molar-refractivity contribution is 0.0880. The Morgan fingerprint density at radius 3 is 2.42 bits per heavy atom. The second kappa shape index (κ2) is 8.77. The second-order valence-corrected chi connectivity index (χ2v) is 4.59. The second-order valence-electron chi connectivity index (χ2n) is 4.59. The van der Waals surface area contributed by atoms with Gasteiger partial charge in [-0.05, 0) is 25.0 Å². The maximum atomic E-state index is 9.41. The summed E-state index contributed by atoms with van der Waals surface area (Å²) in [6, 6.07) is 7.32. The lowest BCUT2D eigenvalue weighted by Crippen LogP contribution is -2.41. The number of hydrogen-bond acceptors (Lipinski definition) is 4. The number of aliphatic hydroxyl groups is 1. The molecule has 108 valence electrons. The van der Waals surface area contributed by atoms with E-state index in [-0.39, 0.29) is 12.6 Å². The molecule has 0 aliphatic rings. The largest absolute Gasteiger partial charge is 0.490 e. The van der Waals surface area contributed by atoms with Gasteiger partial charge in [0.1, 0.15) is 6.10 Å². The highest BCUT2D eigenvalue weighted by Crippen LogP contribution is 2.28. The van der Waals surface area contributed by atoms with Crippen LogP contribution in [-0.4, -0.2) is 30.5 Å². The highest BCUT2D eigenvalue weighted by atomic mass is 16.5. The Labute approximate surface area is 115 Å². The van der Waals surface area contributed by atoms with Crippen LogP contribution in [-0.2, 0) is 0 Å². The molecule has 0 bridgehead atoms. The SMILES string of the molecule is CCCOc1ccccc1OC(CO)C(N)CCC. The molecule has 0 fully saturated rings. The lowest BCUT2D eigenvalue weighted by atomic mass is 10.1. The number of nitrogens with two attached hydrogens (primary N) is 1. The molecule has 1 aromatic carbocycles. The van der Waals surface area contributed by atoms with Crippen LogP contribution in [0.3, 0.4) is 0 Å². The van der Waals surface area contributed by atoms with Crippen molar-refractivity contribution in [1.29, 1.82) is 0 Å². The van der Waals surface area contributed by atoms with Gasteiger partial charge in [-0.15, -0.1) is 0 Å². The first-order valence-corrected chi connectivity index (χ1v) is 6.97. The van der Waals surface area contributed by atoms with Crippen LogP contribution in [0.1, 0.15) is 33.1 Å². The van der Waals surface area contributed by atoms with Crippen molar-refractivity contribution in [1.82, 2.24) is 0 Å². The summed E-state index contributed by atoms with van der Waals surface area (Å²) >= 11 is 0. The Morgan fingerprint density at radius 2 is 1.84 bits per heavy atom. The van der Waals surface area contributed by atoms with Crippen LogP contribution in [0.4, 0.5) is 0 Å². The van der Waals surface area contributed by atoms with E-state index in [9.17, 15) is 5.11 Å². The van der Waals surface area contributed by atoms with Gasteiger partial charge >= 0.3 is 0 Å². The molecule has 2 unspecified atom stereocenters. The summed E-state index contributed by atoms with van der Waals surface area (Å²) in [4.78, 5) is 0. The van der Waals surface area contributed by atoms with Crippen LogP contribution in [0.5, 0.6) is 11.5 Å². The summed E-state index contributed by atoms with van der Waals surface area (Å²) in [7, 11) is 0. The van der Waals surface area contributed by atoms with Gasteiger partial charge < -0.3 is 20.3 Å². The Bertz CT molecular complexity index is 357. The van der Waals surface area contributed by atoms with Crippen LogP contribution in [0, 0.1) is 0 Å². The zero-order valence-electron chi connectivity index (χ0n) is 11.8. The molecule has 2 atom stereocenters. The third-order valence-electron chi connectivity index (χ3n) is 2.87. The van der Waals surface area contributed by atoms with Gasteiger partial charge in [0.25, 0.3) is 0 Å². The summed E-state index contributed by atoms with van der Waals surface area (Å²) in [5.74, 6) is 1.34. The lowest BCUT2D eigenvalue weighted by Gasteiger charge is -2.24. The summed E-state index contributed by atoms with van der Waals surface area (Å²) in [6.07, 6.45) is 2.33. The molecule has 19 heavy (non-hydrogen) atoms. The molecule has 3 N–H and O–H groups in total. The minimum atomic E-state index is -0.397. The Morgan fingerprint density at radius 1 is 1.16 bits per heavy atom. The van der Waals surface area contributed by atoms with Crippen molar-refractivity contribution in [2.24, 2.45) is 5.73 Å². The molecule has 0 aliphatic carbocycles. The van der Waals surface area contributed by atoms with E-state index >= 15 is 0 Å². The maximum absolute atomic E-state index is 9.41. The van der Waals surface area contributed by atoms with E-state index in [2.05, 4.69) is 13.8 Å². The van der Waals surface area contributed by atoms with E-state index in [0.717, 1.165) is 19.3 Å². The van der Waals surface area contributed by atoms with E-state index in [0.29, 0.717) is 18.1 Å². The number of benzene rings is 1. The van der Waals surface area contributed by atoms with Crippen LogP contribution in [0.2, 0.25) is 0 Å². The molecular weight excluding hydrogens is 242 g/mol. The number of ether oxygens (including phenoxy) is 2. The van der Waals surface area contributed by atoms with Crippen LogP contribution in [0.25, 0.3) is 0 Å². The normalized spacial score (nSPS) is 13.9. The molecule has 4 heteroatoms. The quantitative estimate of drug-likeness (QED) is 0.721. The fraction of sp³-hybridized carbons (Fsp3) is 0.600. The van der Waals surface area contributed by atoms with E-state index < -0.39 is 6.10 Å². The number of para-hydroxylation sites is 2. The molecule has 0 amide bonds. The average Bonchev–Trinajstić information content (AvgIpc) is 2.43. The van der Waals surface area contributed by atoms with Crippen molar-refractivity contribution < 1.29 is 14.6 Å². The molecule has 0 aromatic heterocycles. The van der Waals surface area contributed by atoms with Crippen molar-refractivity contribution in [2.45, 2.75) is 45.3 Å². The van der Waals surface area contributed by atoms with Gasteiger partial charge in [-0.2, -0.15) is 0 Å². The Balaban J connectivity index is 2.72. The molecule has 0 aliphatic heterocycles. The molecule has 0 spiro atoms. The fourth-order valence-electron chi connectivity index (χ4n) is 1.82. The van der Waals surface area contributed by atoms with Gasteiger partial charge in [0.15, 0.2) is 11.5 Å². The Kier molecular flexibility index (Phi) is 7.30. The fourth-order valence-corrected chi connectivity index (χ4v) is 1.82. The van der Waals surface area contributed by atoms with Gasteiger partial charge in [0.2, 0.25) is 0 Å². The number of aliphatic hydroxyl groups excluding tert-OH is 1. The zero-order valence-corrected chi connectivity index (χ0v) is 11.8. The van der Waals surface area contributed by atoms with Crippen molar-refractivity contribution >= 4 is 0 Å². The molecule has 0 heterocycles. The third kappa shape index (κ3) is 5.09. The predicted octanol–water partition coefficient (Wildman–Crippen LogP) is 2.34. The van der Waals surface area contributed by atoms with E-state index in [1.54, 1.807) is 0 Å². The van der Waals surface area contributed by atoms with Crippen LogP contribution >= 0.6 is 0 Å². The summed E-state index contributed by atoms with van der Waals surface area (Å²) in [5.41, 5.74) is 6.01. The molecule has 0 saturated heterocycles. The zero-order chi connectivity index (χ0) is 14.1. The molecule has 0 saturated carbocycles. The highest BCUT2D eigenvalue weighted by molar-refractivity contribution is 5.39. The predicted molar refractivity (Wildman–Crippen MR) is 76.6 cm³/mol.